The van der Waals surface area contributed by atoms with Crippen molar-refractivity contribution in [3.05, 3.63) is 35.9 Å². The fourth-order valence-electron chi connectivity index (χ4n) is 3.07. The number of nitrogens with one attached hydrogen (secondary N) is 1. The number of carbonyl (C=O) groups is 3. The zero-order valence-electron chi connectivity index (χ0n) is 12.9. The fraction of sp³-hybridized carbons (Fsp3) is 0.438. The van der Waals surface area contributed by atoms with E-state index in [1.807, 2.05) is 30.3 Å². The van der Waals surface area contributed by atoms with Crippen LogP contribution in [0.5, 0.6) is 0 Å². The summed E-state index contributed by atoms with van der Waals surface area (Å²) in [6, 6.07) is 7.44. The molecule has 0 aromatic heterocycles. The Morgan fingerprint density at radius 3 is 2.71 bits per heavy atom. The van der Waals surface area contributed by atoms with E-state index in [1.165, 1.54) is 16.7 Å². The Bertz CT molecular complexity index is 682. The van der Waals surface area contributed by atoms with E-state index >= 15 is 0 Å². The number of amides is 2. The second kappa shape index (κ2) is 6.29. The van der Waals surface area contributed by atoms with Crippen LogP contribution in [-0.4, -0.2) is 55.9 Å². The van der Waals surface area contributed by atoms with Crippen molar-refractivity contribution in [2.45, 2.75) is 35.7 Å². The summed E-state index contributed by atoms with van der Waals surface area (Å²) in [7, 11) is 0. The first-order valence-electron chi connectivity index (χ1n) is 7.50. The second-order valence-electron chi connectivity index (χ2n) is 6.17. The summed E-state index contributed by atoms with van der Waals surface area (Å²) in [6.45, 7) is 1.62. The summed E-state index contributed by atoms with van der Waals surface area (Å²) in [5, 5.41) is 11.7. The molecule has 3 unspecified atom stereocenters. The molecule has 2 saturated heterocycles. The molecule has 2 amide bonds. The van der Waals surface area contributed by atoms with Gasteiger partial charge in [0.25, 0.3) is 0 Å². The minimum atomic E-state index is -1.12. The molecular weight excluding hydrogens is 352 g/mol. The van der Waals surface area contributed by atoms with E-state index in [0.29, 0.717) is 5.75 Å². The maximum absolute atomic E-state index is 12.4. The Kier molecular flexibility index (Phi) is 4.48. The van der Waals surface area contributed by atoms with E-state index in [0.717, 1.165) is 5.56 Å². The zero-order valence-corrected chi connectivity index (χ0v) is 14.5. The largest absolute Gasteiger partial charge is 0.480 e. The molecule has 128 valence electrons. The lowest BCUT2D eigenvalue weighted by Crippen LogP contribution is -2.78. The van der Waals surface area contributed by atoms with Gasteiger partial charge < -0.3 is 15.3 Å². The van der Waals surface area contributed by atoms with Crippen LogP contribution in [0.1, 0.15) is 12.5 Å². The van der Waals surface area contributed by atoms with Gasteiger partial charge in [-0.2, -0.15) is 0 Å². The van der Waals surface area contributed by atoms with Gasteiger partial charge in [-0.15, -0.1) is 23.4 Å². The van der Waals surface area contributed by atoms with Crippen LogP contribution in [-0.2, 0) is 20.8 Å². The monoisotopic (exact) mass is 368 g/mol. The molecule has 6 nitrogen and oxygen atoms in total. The summed E-state index contributed by atoms with van der Waals surface area (Å²) in [5.74, 6) is -1.38. The predicted molar refractivity (Wildman–Crippen MR) is 90.9 cm³/mol. The van der Waals surface area contributed by atoms with E-state index in [2.05, 4.69) is 5.32 Å². The molecule has 0 bridgehead atoms. The van der Waals surface area contributed by atoms with E-state index in [4.69, 9.17) is 11.6 Å². The van der Waals surface area contributed by atoms with Gasteiger partial charge in [0.15, 0.2) is 0 Å². The number of rotatable bonds is 4. The van der Waals surface area contributed by atoms with Crippen molar-refractivity contribution in [1.82, 2.24) is 10.2 Å². The third-order valence-electron chi connectivity index (χ3n) is 4.22. The second-order valence-corrected chi connectivity index (χ2v) is 8.14. The summed E-state index contributed by atoms with van der Waals surface area (Å²) in [5.41, 5.74) is 0.853. The Morgan fingerprint density at radius 2 is 2.08 bits per heavy atom. The first-order valence-corrected chi connectivity index (χ1v) is 8.93. The lowest BCUT2D eigenvalue weighted by Gasteiger charge is -2.55. The third-order valence-corrected chi connectivity index (χ3v) is 6.33. The first kappa shape index (κ1) is 17.1. The van der Waals surface area contributed by atoms with Crippen LogP contribution >= 0.6 is 23.4 Å². The normalized spacial score (nSPS) is 31.8. The lowest BCUT2D eigenvalue weighted by molar-refractivity contribution is -0.164. The summed E-state index contributed by atoms with van der Waals surface area (Å²) < 4.78 is 0. The summed E-state index contributed by atoms with van der Waals surface area (Å²) in [6.07, 6.45) is 0.178. The van der Waals surface area contributed by atoms with Crippen molar-refractivity contribution in [3.63, 3.8) is 0 Å². The number of hydrogen-bond donors (Lipinski definition) is 2. The molecule has 8 heteroatoms. The van der Waals surface area contributed by atoms with Crippen LogP contribution in [0.15, 0.2) is 30.3 Å². The van der Waals surface area contributed by atoms with Crippen molar-refractivity contribution in [2.24, 2.45) is 0 Å². The van der Waals surface area contributed by atoms with Crippen molar-refractivity contribution in [1.29, 1.82) is 0 Å². The Hall–Kier alpha value is -1.73. The van der Waals surface area contributed by atoms with Gasteiger partial charge in [-0.3, -0.25) is 9.59 Å². The van der Waals surface area contributed by atoms with Gasteiger partial charge in [-0.1, -0.05) is 30.3 Å². The molecular formula is C16H17ClN2O4S. The molecule has 3 rings (SSSR count). The minimum Gasteiger partial charge on any atom is -0.480 e. The summed E-state index contributed by atoms with van der Waals surface area (Å²) in [4.78, 5) is 36.3. The number of fused-ring (bicyclic) bond motifs is 1. The quantitative estimate of drug-likeness (QED) is 0.613. The number of aliphatic carboxylic acids is 1. The van der Waals surface area contributed by atoms with Crippen molar-refractivity contribution in [3.8, 4) is 0 Å². The van der Waals surface area contributed by atoms with Crippen LogP contribution in [0.2, 0.25) is 0 Å². The number of benzene rings is 1. The smallest absolute Gasteiger partial charge is 0.328 e. The third kappa shape index (κ3) is 2.98. The highest BCUT2D eigenvalue weighted by molar-refractivity contribution is 8.00. The maximum Gasteiger partial charge on any atom is 0.328 e. The molecule has 2 fully saturated rings. The lowest BCUT2D eigenvalue weighted by atomic mass is 9.94. The van der Waals surface area contributed by atoms with Crippen LogP contribution in [0.25, 0.3) is 0 Å². The molecule has 1 aromatic carbocycles. The van der Waals surface area contributed by atoms with Gasteiger partial charge in [-0.05, 0) is 12.5 Å². The Labute approximate surface area is 148 Å². The molecule has 24 heavy (non-hydrogen) atoms. The Morgan fingerprint density at radius 1 is 1.42 bits per heavy atom. The van der Waals surface area contributed by atoms with E-state index < -0.39 is 28.8 Å². The average molecular weight is 369 g/mol. The molecule has 0 aliphatic carbocycles. The van der Waals surface area contributed by atoms with E-state index in [-0.39, 0.29) is 17.7 Å². The van der Waals surface area contributed by atoms with Crippen LogP contribution in [0, 0.1) is 0 Å². The van der Waals surface area contributed by atoms with Gasteiger partial charge in [0.2, 0.25) is 11.8 Å². The average Bonchev–Trinajstić information content (AvgIpc) is 2.52. The number of β-lactam (4-membered cyclic amide) rings is 1. The zero-order chi connectivity index (χ0) is 17.5. The number of nitrogens with zero attached hydrogens (tertiary/aromatic N) is 1. The summed E-state index contributed by atoms with van der Waals surface area (Å²) >= 11 is 7.67. The molecule has 2 aliphatic rings. The fourth-order valence-corrected chi connectivity index (χ4v) is 4.87. The topological polar surface area (TPSA) is 86.7 Å². The highest BCUT2D eigenvalue weighted by atomic mass is 35.5. The number of halogens is 1. The molecule has 0 spiro atoms. The number of thioether (sulfide) groups is 1. The number of alkyl halides is 1. The molecule has 2 N–H and O–H groups in total. The van der Waals surface area contributed by atoms with Crippen molar-refractivity contribution >= 4 is 41.1 Å². The van der Waals surface area contributed by atoms with Crippen molar-refractivity contribution in [2.75, 3.05) is 5.75 Å². The van der Waals surface area contributed by atoms with Gasteiger partial charge in [0.05, 0.1) is 11.3 Å². The molecule has 0 radical (unpaired) electrons. The SMILES string of the molecule is CC1(Cl)CS[C@@H]2C(NC(=O)Cc3ccccc3)C(=O)N2C1C(=O)O. The number of carboxylic acid groups (broad SMARTS) is 1. The molecule has 4 atom stereocenters. The van der Waals surface area contributed by atoms with Crippen LogP contribution < -0.4 is 5.32 Å². The van der Waals surface area contributed by atoms with Crippen LogP contribution in [0.3, 0.4) is 0 Å². The van der Waals surface area contributed by atoms with E-state index in [9.17, 15) is 19.5 Å². The van der Waals surface area contributed by atoms with Crippen molar-refractivity contribution < 1.29 is 19.5 Å². The highest BCUT2D eigenvalue weighted by Crippen LogP contribution is 2.44. The van der Waals surface area contributed by atoms with Gasteiger partial charge in [0, 0.05) is 5.75 Å². The van der Waals surface area contributed by atoms with Gasteiger partial charge in [0.1, 0.15) is 17.5 Å². The standard InChI is InChI=1S/C16H17ClN2O4S/c1-16(17)8-24-14-11(13(21)19(14)12(16)15(22)23)18-10(20)7-9-5-3-2-4-6-9/h2-6,11-12,14H,7-8H2,1H3,(H,18,20)(H,22,23)/t11?,12?,14-,16?/m1/s1. The van der Waals surface area contributed by atoms with Gasteiger partial charge >= 0.3 is 5.97 Å². The first-order chi connectivity index (χ1) is 11.3. The molecule has 0 saturated carbocycles. The van der Waals surface area contributed by atoms with Gasteiger partial charge in [-0.25, -0.2) is 4.79 Å². The minimum absolute atomic E-state index is 0.178. The highest BCUT2D eigenvalue weighted by Gasteiger charge is 2.61. The van der Waals surface area contributed by atoms with E-state index in [1.54, 1.807) is 6.92 Å². The number of hydrogen-bond acceptors (Lipinski definition) is 4. The van der Waals surface area contributed by atoms with Crippen LogP contribution in [0.4, 0.5) is 0 Å². The molecule has 1 aromatic rings. The Balaban J connectivity index is 1.67. The maximum atomic E-state index is 12.4. The predicted octanol–water partition coefficient (Wildman–Crippen LogP) is 1.08. The molecule has 2 heterocycles. The molecule has 2 aliphatic heterocycles. The number of carboxylic acids is 1. The number of carbonyl (C=O) groups excluding carboxylic acids is 2.